The third kappa shape index (κ3) is 4.88. The lowest BCUT2D eigenvalue weighted by molar-refractivity contribution is -0.115. The van der Waals surface area contributed by atoms with Gasteiger partial charge >= 0.3 is 6.18 Å². The van der Waals surface area contributed by atoms with Crippen LogP contribution in [-0.4, -0.2) is 61.4 Å². The van der Waals surface area contributed by atoms with Gasteiger partial charge in [0.05, 0.1) is 35.4 Å². The van der Waals surface area contributed by atoms with Crippen molar-refractivity contribution in [2.24, 2.45) is 0 Å². The molecule has 2 N–H and O–H groups in total. The zero-order valence-electron chi connectivity index (χ0n) is 14.2. The van der Waals surface area contributed by atoms with Gasteiger partial charge in [0, 0.05) is 19.1 Å². The van der Waals surface area contributed by atoms with Crippen molar-refractivity contribution >= 4 is 15.7 Å². The Kier molecular flexibility index (Phi) is 5.60. The fourth-order valence-electron chi connectivity index (χ4n) is 3.09. The predicted molar refractivity (Wildman–Crippen MR) is 90.9 cm³/mol. The molecule has 2 aliphatic rings. The van der Waals surface area contributed by atoms with E-state index in [4.69, 9.17) is 0 Å². The summed E-state index contributed by atoms with van der Waals surface area (Å²) in [7, 11) is -3.47. The smallest absolute Gasteiger partial charge is 0.374 e. The molecule has 2 fully saturated rings. The van der Waals surface area contributed by atoms with Crippen LogP contribution in [0.2, 0.25) is 0 Å². The first-order chi connectivity index (χ1) is 12.7. The Balaban J connectivity index is 1.86. The number of rotatable bonds is 2. The largest absolute Gasteiger partial charge is 0.405 e. The molecule has 1 aromatic heterocycles. The van der Waals surface area contributed by atoms with Crippen molar-refractivity contribution in [1.29, 1.82) is 0 Å². The summed E-state index contributed by atoms with van der Waals surface area (Å²) in [6.45, 7) is -0.811. The monoisotopic (exact) mass is 406 g/mol. The molecule has 3 atom stereocenters. The van der Waals surface area contributed by atoms with Gasteiger partial charge in [-0.05, 0) is 12.8 Å². The standard InChI is InChI=1S/C16H18F4N4O2S/c17-14-7-21-8-15(23-10-16(18,19)20)13(14)4-3-12-6-22-11-2-1-5-27(25,26)24(12)9-11/h7-8,11-12,22-23H,1-2,5-6,9-10H2. The third-order valence-corrected chi connectivity index (χ3v) is 6.33. The van der Waals surface area contributed by atoms with E-state index >= 15 is 0 Å². The number of alkyl halides is 3. The van der Waals surface area contributed by atoms with E-state index in [-0.39, 0.29) is 36.1 Å². The van der Waals surface area contributed by atoms with Crippen molar-refractivity contribution in [3.63, 3.8) is 0 Å². The minimum absolute atomic E-state index is 0.0192. The summed E-state index contributed by atoms with van der Waals surface area (Å²) in [5.74, 6) is 4.35. The zero-order chi connectivity index (χ0) is 19.7. The fraction of sp³-hybridized carbons (Fsp3) is 0.562. The molecule has 0 aliphatic carbocycles. The fourth-order valence-corrected chi connectivity index (χ4v) is 4.78. The Morgan fingerprint density at radius 1 is 1.37 bits per heavy atom. The Morgan fingerprint density at radius 2 is 2.15 bits per heavy atom. The van der Waals surface area contributed by atoms with E-state index in [1.54, 1.807) is 0 Å². The van der Waals surface area contributed by atoms with Crippen LogP contribution in [0, 0.1) is 17.7 Å². The van der Waals surface area contributed by atoms with Gasteiger partial charge in [-0.3, -0.25) is 4.98 Å². The van der Waals surface area contributed by atoms with Crippen molar-refractivity contribution in [2.75, 3.05) is 30.7 Å². The van der Waals surface area contributed by atoms with Gasteiger partial charge in [-0.1, -0.05) is 11.8 Å². The van der Waals surface area contributed by atoms with Crippen molar-refractivity contribution in [1.82, 2.24) is 14.6 Å². The van der Waals surface area contributed by atoms with E-state index in [1.807, 2.05) is 0 Å². The van der Waals surface area contributed by atoms with Crippen molar-refractivity contribution in [3.05, 3.63) is 23.8 Å². The molecule has 2 saturated heterocycles. The molecule has 0 aromatic carbocycles. The van der Waals surface area contributed by atoms with Gasteiger partial charge in [-0.2, -0.15) is 17.5 Å². The average molecular weight is 406 g/mol. The van der Waals surface area contributed by atoms with E-state index < -0.39 is 34.6 Å². The average Bonchev–Trinajstić information content (AvgIpc) is 2.69. The van der Waals surface area contributed by atoms with Crippen LogP contribution in [0.1, 0.15) is 18.4 Å². The van der Waals surface area contributed by atoms with E-state index in [9.17, 15) is 26.0 Å². The molecule has 0 spiro atoms. The highest BCUT2D eigenvalue weighted by atomic mass is 32.2. The number of nitrogens with zero attached hydrogens (tertiary/aromatic N) is 2. The highest BCUT2D eigenvalue weighted by molar-refractivity contribution is 7.89. The number of halogens is 4. The highest BCUT2D eigenvalue weighted by Gasteiger charge is 2.37. The molecular formula is C16H18F4N4O2S. The van der Waals surface area contributed by atoms with Gasteiger partial charge in [0.1, 0.15) is 6.54 Å². The maximum absolute atomic E-state index is 14.1. The van der Waals surface area contributed by atoms with Gasteiger partial charge in [-0.25, -0.2) is 12.8 Å². The normalized spacial score (nSPS) is 27.2. The van der Waals surface area contributed by atoms with Gasteiger partial charge in [-0.15, -0.1) is 0 Å². The van der Waals surface area contributed by atoms with Gasteiger partial charge in [0.25, 0.3) is 0 Å². The number of fused-ring (bicyclic) bond motifs is 2. The lowest BCUT2D eigenvalue weighted by Crippen LogP contribution is -2.56. The number of piperazine rings is 1. The minimum Gasteiger partial charge on any atom is -0.374 e. The Bertz CT molecular complexity index is 863. The van der Waals surface area contributed by atoms with Crippen LogP contribution in [0.25, 0.3) is 0 Å². The number of hydrogen-bond donors (Lipinski definition) is 2. The number of sulfonamides is 1. The highest BCUT2D eigenvalue weighted by Crippen LogP contribution is 2.22. The van der Waals surface area contributed by atoms with Crippen LogP contribution in [0.4, 0.5) is 23.2 Å². The molecule has 0 radical (unpaired) electrons. The van der Waals surface area contributed by atoms with E-state index in [0.717, 1.165) is 18.8 Å². The molecule has 27 heavy (non-hydrogen) atoms. The van der Waals surface area contributed by atoms with Gasteiger partial charge in [0.2, 0.25) is 10.0 Å². The van der Waals surface area contributed by atoms with E-state index in [2.05, 4.69) is 27.5 Å². The van der Waals surface area contributed by atoms with E-state index in [0.29, 0.717) is 6.42 Å². The number of pyridine rings is 1. The zero-order valence-corrected chi connectivity index (χ0v) is 15.0. The first-order valence-electron chi connectivity index (χ1n) is 8.34. The molecule has 6 nitrogen and oxygen atoms in total. The van der Waals surface area contributed by atoms with Crippen LogP contribution in [-0.2, 0) is 10.0 Å². The summed E-state index contributed by atoms with van der Waals surface area (Å²) >= 11 is 0. The first kappa shape index (κ1) is 19.9. The molecule has 148 valence electrons. The predicted octanol–water partition coefficient (Wildman–Crippen LogP) is 1.31. The third-order valence-electron chi connectivity index (χ3n) is 4.40. The molecular weight excluding hydrogens is 388 g/mol. The van der Waals surface area contributed by atoms with E-state index in [1.165, 1.54) is 4.31 Å². The lowest BCUT2D eigenvalue weighted by atomic mass is 10.1. The molecule has 3 heterocycles. The van der Waals surface area contributed by atoms with Crippen molar-refractivity contribution in [3.8, 4) is 11.8 Å². The SMILES string of the molecule is O=S1(=O)CCCC2CN1C(C#Cc1c(F)cncc1NCC(F)(F)F)CN2. The number of aromatic nitrogens is 1. The number of nitrogens with one attached hydrogen (secondary N) is 2. The topological polar surface area (TPSA) is 74.3 Å². The first-order valence-corrected chi connectivity index (χ1v) is 9.95. The summed E-state index contributed by atoms with van der Waals surface area (Å²) in [5, 5.41) is 5.28. The maximum Gasteiger partial charge on any atom is 0.405 e. The van der Waals surface area contributed by atoms with Crippen LogP contribution in [0.5, 0.6) is 0 Å². The summed E-state index contributed by atoms with van der Waals surface area (Å²) in [4.78, 5) is 3.53. The molecule has 3 unspecified atom stereocenters. The summed E-state index contributed by atoms with van der Waals surface area (Å²) in [6.07, 6.45) is -1.31. The number of anilines is 1. The summed E-state index contributed by atoms with van der Waals surface area (Å²) in [5.41, 5.74) is -0.469. The molecule has 1 aromatic rings. The van der Waals surface area contributed by atoms with Crippen LogP contribution in [0.15, 0.2) is 12.4 Å². The minimum atomic E-state index is -4.49. The van der Waals surface area contributed by atoms with Crippen LogP contribution < -0.4 is 10.6 Å². The molecule has 2 bridgehead atoms. The summed E-state index contributed by atoms with van der Waals surface area (Å²) in [6, 6.07) is -0.672. The lowest BCUT2D eigenvalue weighted by Gasteiger charge is -2.34. The molecule has 3 rings (SSSR count). The number of hydrogen-bond acceptors (Lipinski definition) is 5. The second kappa shape index (κ2) is 7.61. The molecule has 0 saturated carbocycles. The Hall–Kier alpha value is -1.90. The van der Waals surface area contributed by atoms with Gasteiger partial charge in [0.15, 0.2) is 5.82 Å². The maximum atomic E-state index is 14.1. The molecule has 0 amide bonds. The molecule has 2 aliphatic heterocycles. The van der Waals surface area contributed by atoms with Crippen LogP contribution >= 0.6 is 0 Å². The quantitative estimate of drug-likeness (QED) is 0.572. The van der Waals surface area contributed by atoms with Crippen molar-refractivity contribution in [2.45, 2.75) is 31.1 Å². The second-order valence-corrected chi connectivity index (χ2v) is 8.47. The second-order valence-electron chi connectivity index (χ2n) is 6.43. The Morgan fingerprint density at radius 3 is 2.89 bits per heavy atom. The Labute approximate surface area is 154 Å². The molecule has 11 heteroatoms. The van der Waals surface area contributed by atoms with Crippen molar-refractivity contribution < 1.29 is 26.0 Å². The van der Waals surface area contributed by atoms with Crippen LogP contribution in [0.3, 0.4) is 0 Å². The van der Waals surface area contributed by atoms with Gasteiger partial charge < -0.3 is 10.6 Å². The summed E-state index contributed by atoms with van der Waals surface area (Å²) < 4.78 is 77.4.